The molecule has 38 heavy (non-hydrogen) atoms. The van der Waals surface area contributed by atoms with Gasteiger partial charge in [0.05, 0.1) is 47.6 Å². The number of hydrogen-bond acceptors (Lipinski definition) is 9. The summed E-state index contributed by atoms with van der Waals surface area (Å²) in [6.45, 7) is 5.93. The number of aliphatic hydroxyl groups is 1. The summed E-state index contributed by atoms with van der Waals surface area (Å²) >= 11 is 12.6. The van der Waals surface area contributed by atoms with Gasteiger partial charge >= 0.3 is 0 Å². The minimum absolute atomic E-state index is 0.356. The third-order valence-electron chi connectivity index (χ3n) is 6.22. The average Bonchev–Trinajstić information content (AvgIpc) is 2.93. The highest BCUT2D eigenvalue weighted by molar-refractivity contribution is 6.37. The van der Waals surface area contributed by atoms with Crippen molar-refractivity contribution in [1.29, 1.82) is 5.26 Å². The van der Waals surface area contributed by atoms with E-state index < -0.39 is 0 Å². The van der Waals surface area contributed by atoms with Crippen LogP contribution < -0.4 is 19.5 Å². The second-order valence-corrected chi connectivity index (χ2v) is 9.44. The number of hydrogen-bond donors (Lipinski definition) is 2. The van der Waals surface area contributed by atoms with Crippen LogP contribution in [0.3, 0.4) is 0 Å². The first-order valence-electron chi connectivity index (χ1n) is 12.1. The number of aliphatic hydroxyl groups excluding tert-OH is 1. The molecule has 3 aromatic rings. The molecule has 4 rings (SSSR count). The summed E-state index contributed by atoms with van der Waals surface area (Å²) in [4.78, 5) is 9.28. The summed E-state index contributed by atoms with van der Waals surface area (Å²) in [5.41, 5.74) is 2.21. The maximum Gasteiger partial charge on any atom is 0.163 e. The summed E-state index contributed by atoms with van der Waals surface area (Å²) in [7, 11) is 6.25. The van der Waals surface area contributed by atoms with Crippen LogP contribution in [0.15, 0.2) is 30.5 Å². The molecule has 2 N–H and O–H groups in total. The molecule has 0 aliphatic carbocycles. The fraction of sp³-hybridized carbons (Fsp3) is 0.407. The predicted molar refractivity (Wildman–Crippen MR) is 151 cm³/mol. The number of methoxy groups -OCH3 is 2. The Morgan fingerprint density at radius 3 is 2.32 bits per heavy atom. The van der Waals surface area contributed by atoms with Crippen LogP contribution >= 0.6 is 23.2 Å². The topological polar surface area (TPSA) is 103 Å². The van der Waals surface area contributed by atoms with Gasteiger partial charge in [-0.2, -0.15) is 5.26 Å². The standard InChI is InChI=1S/C26H29Cl2N5O3.CH4O/c1-32-6-8-33(9-7-32)5-4-10-36-24-14-22-19(13-23(24)34-2)25(17(15-29)16-30-22)31-18-11-20(27)26(35-3)21(28)12-18;1-2/h11-14,16H,4-10H2,1-3H3,(H,30,31);2H,1H3. The van der Waals surface area contributed by atoms with Gasteiger partial charge in [-0.05, 0) is 31.7 Å². The van der Waals surface area contributed by atoms with Gasteiger partial charge in [0.25, 0.3) is 0 Å². The van der Waals surface area contributed by atoms with Gasteiger partial charge in [-0.3, -0.25) is 4.98 Å². The number of nitrogens with one attached hydrogen (secondary N) is 1. The van der Waals surface area contributed by atoms with Crippen LogP contribution in [0.4, 0.5) is 11.4 Å². The number of nitrogens with zero attached hydrogens (tertiary/aromatic N) is 4. The number of benzene rings is 2. The molecule has 1 aromatic heterocycles. The molecule has 0 amide bonds. The lowest BCUT2D eigenvalue weighted by Gasteiger charge is -2.32. The van der Waals surface area contributed by atoms with E-state index in [0.29, 0.717) is 61.7 Å². The first-order valence-corrected chi connectivity index (χ1v) is 12.9. The van der Waals surface area contributed by atoms with Crippen LogP contribution in [-0.2, 0) is 0 Å². The van der Waals surface area contributed by atoms with Crippen molar-refractivity contribution in [3.63, 3.8) is 0 Å². The van der Waals surface area contributed by atoms with E-state index in [2.05, 4.69) is 33.2 Å². The Bertz CT molecular complexity index is 1250. The van der Waals surface area contributed by atoms with E-state index in [1.165, 1.54) is 13.3 Å². The van der Waals surface area contributed by atoms with Gasteiger partial charge in [-0.25, -0.2) is 0 Å². The summed E-state index contributed by atoms with van der Waals surface area (Å²) in [5, 5.41) is 21.4. The second-order valence-electron chi connectivity index (χ2n) is 8.62. The third-order valence-corrected chi connectivity index (χ3v) is 6.78. The second kappa shape index (κ2) is 14.2. The van der Waals surface area contributed by atoms with Crippen LogP contribution in [0.2, 0.25) is 10.0 Å². The molecule has 0 atom stereocenters. The zero-order valence-corrected chi connectivity index (χ0v) is 23.6. The molecule has 0 radical (unpaired) electrons. The van der Waals surface area contributed by atoms with Gasteiger partial charge < -0.3 is 34.4 Å². The molecule has 0 saturated carbocycles. The monoisotopic (exact) mass is 561 g/mol. The van der Waals surface area contributed by atoms with Crippen molar-refractivity contribution in [2.75, 3.05) is 73.0 Å². The molecule has 1 aliphatic rings. The maximum absolute atomic E-state index is 9.73. The van der Waals surface area contributed by atoms with Crippen molar-refractivity contribution in [2.45, 2.75) is 6.42 Å². The highest BCUT2D eigenvalue weighted by atomic mass is 35.5. The molecular formula is C27H33Cl2N5O4. The molecule has 11 heteroatoms. The zero-order valence-electron chi connectivity index (χ0n) is 22.1. The van der Waals surface area contributed by atoms with Crippen molar-refractivity contribution in [3.05, 3.63) is 46.1 Å². The van der Waals surface area contributed by atoms with Crippen molar-refractivity contribution >= 4 is 45.5 Å². The molecule has 1 saturated heterocycles. The quantitative estimate of drug-likeness (QED) is 0.356. The van der Waals surface area contributed by atoms with Gasteiger partial charge in [0, 0.05) is 63.2 Å². The molecule has 204 valence electrons. The van der Waals surface area contributed by atoms with Crippen LogP contribution in [0.5, 0.6) is 17.2 Å². The molecular weight excluding hydrogens is 529 g/mol. The fourth-order valence-corrected chi connectivity index (χ4v) is 4.85. The van der Waals surface area contributed by atoms with E-state index in [-0.39, 0.29) is 0 Å². The van der Waals surface area contributed by atoms with Gasteiger partial charge in [-0.15, -0.1) is 0 Å². The lowest BCUT2D eigenvalue weighted by atomic mass is 10.1. The highest BCUT2D eigenvalue weighted by Gasteiger charge is 2.17. The summed E-state index contributed by atoms with van der Waals surface area (Å²) in [6.07, 6.45) is 2.44. The van der Waals surface area contributed by atoms with Crippen molar-refractivity contribution in [2.24, 2.45) is 0 Å². The average molecular weight is 562 g/mol. The normalized spacial score (nSPS) is 13.8. The van der Waals surface area contributed by atoms with Crippen LogP contribution in [0.1, 0.15) is 12.0 Å². The molecule has 0 unspecified atom stereocenters. The van der Waals surface area contributed by atoms with Crippen LogP contribution in [-0.4, -0.2) is 87.6 Å². The Balaban J connectivity index is 0.00000195. The van der Waals surface area contributed by atoms with E-state index in [0.717, 1.165) is 46.3 Å². The Morgan fingerprint density at radius 2 is 1.71 bits per heavy atom. The van der Waals surface area contributed by atoms with E-state index >= 15 is 0 Å². The fourth-order valence-electron chi connectivity index (χ4n) is 4.20. The predicted octanol–water partition coefficient (Wildman–Crippen LogP) is 4.80. The molecule has 0 bridgehead atoms. The van der Waals surface area contributed by atoms with E-state index in [1.807, 2.05) is 12.1 Å². The number of likely N-dealkylation sites (N-methyl/N-ethyl adjacent to an activating group) is 1. The lowest BCUT2D eigenvalue weighted by Crippen LogP contribution is -2.44. The van der Waals surface area contributed by atoms with Crippen molar-refractivity contribution in [3.8, 4) is 23.3 Å². The highest BCUT2D eigenvalue weighted by Crippen LogP contribution is 2.40. The Labute approximate surface area is 233 Å². The van der Waals surface area contributed by atoms with Gasteiger partial charge in [0.15, 0.2) is 17.2 Å². The number of halogens is 2. The number of pyridine rings is 1. The number of nitriles is 1. The third kappa shape index (κ3) is 7.10. The van der Waals surface area contributed by atoms with Gasteiger partial charge in [0.1, 0.15) is 6.07 Å². The first kappa shape index (κ1) is 29.6. The molecule has 2 heterocycles. The first-order chi connectivity index (χ1) is 18.4. The van der Waals surface area contributed by atoms with Crippen molar-refractivity contribution < 1.29 is 19.3 Å². The van der Waals surface area contributed by atoms with E-state index in [1.54, 1.807) is 19.2 Å². The minimum atomic E-state index is 0.356. The van der Waals surface area contributed by atoms with Crippen LogP contribution in [0, 0.1) is 11.3 Å². The molecule has 9 nitrogen and oxygen atoms in total. The molecule has 1 fully saturated rings. The minimum Gasteiger partial charge on any atom is -0.494 e. The zero-order chi connectivity index (χ0) is 27.7. The summed E-state index contributed by atoms with van der Waals surface area (Å²) in [5.74, 6) is 1.56. The molecule has 2 aromatic carbocycles. The molecule has 0 spiro atoms. The Morgan fingerprint density at radius 1 is 1.03 bits per heavy atom. The van der Waals surface area contributed by atoms with Crippen LogP contribution in [0.25, 0.3) is 10.9 Å². The number of ether oxygens (including phenoxy) is 3. The Hall–Kier alpha value is -3.00. The number of fused-ring (bicyclic) bond motifs is 1. The van der Waals surface area contributed by atoms with E-state index in [4.69, 9.17) is 42.5 Å². The Kier molecular flexibility index (Phi) is 11.1. The smallest absolute Gasteiger partial charge is 0.163 e. The van der Waals surface area contributed by atoms with E-state index in [9.17, 15) is 5.26 Å². The number of rotatable bonds is 9. The van der Waals surface area contributed by atoms with Gasteiger partial charge in [-0.1, -0.05) is 23.2 Å². The number of anilines is 2. The maximum atomic E-state index is 9.73. The largest absolute Gasteiger partial charge is 0.494 e. The number of piperazine rings is 1. The summed E-state index contributed by atoms with van der Waals surface area (Å²) in [6, 6.07) is 9.24. The van der Waals surface area contributed by atoms with Crippen molar-refractivity contribution in [1.82, 2.24) is 14.8 Å². The lowest BCUT2D eigenvalue weighted by molar-refractivity contribution is 0.145. The summed E-state index contributed by atoms with van der Waals surface area (Å²) < 4.78 is 16.9. The van der Waals surface area contributed by atoms with Gasteiger partial charge in [0.2, 0.25) is 0 Å². The number of aromatic nitrogens is 1. The SMILES string of the molecule is CO.COc1cc2c(Nc3cc(Cl)c(OC)c(Cl)c3)c(C#N)cnc2cc1OCCCN1CCN(C)CC1. The molecule has 1 aliphatic heterocycles.